The lowest BCUT2D eigenvalue weighted by Crippen LogP contribution is -2.00. The average Bonchev–Trinajstić information content (AvgIpc) is 3.89. The molecule has 49 heavy (non-hydrogen) atoms. The third-order valence-corrected chi connectivity index (χ3v) is 7.83. The summed E-state index contributed by atoms with van der Waals surface area (Å²) in [4.78, 5) is 10.9. The molecule has 13 heteroatoms. The van der Waals surface area contributed by atoms with Gasteiger partial charge in [-0.25, -0.2) is 0 Å². The van der Waals surface area contributed by atoms with Crippen molar-refractivity contribution in [1.82, 2.24) is 0 Å². The minimum atomic E-state index is -0.157. The van der Waals surface area contributed by atoms with Crippen LogP contribution in [0.25, 0.3) is 0 Å². The first kappa shape index (κ1) is 34.9. The van der Waals surface area contributed by atoms with Crippen LogP contribution in [0.4, 0.5) is 0 Å². The van der Waals surface area contributed by atoms with Crippen molar-refractivity contribution < 1.29 is 62.0 Å². The molecule has 3 aliphatic heterocycles. The minimum Gasteiger partial charge on any atom is -0.492 e. The molecule has 0 spiro atoms. The molecule has 13 nitrogen and oxygen atoms in total. The topological polar surface area (TPSA) is 139 Å². The maximum absolute atomic E-state index is 10.9. The number of ether oxygens (including phenoxy) is 11. The Labute approximate surface area is 284 Å². The van der Waals surface area contributed by atoms with E-state index in [1.165, 1.54) is 13.0 Å². The Kier molecular flexibility index (Phi) is 11.5. The van der Waals surface area contributed by atoms with Gasteiger partial charge in [-0.05, 0) is 56.0 Å². The third kappa shape index (κ3) is 7.36. The van der Waals surface area contributed by atoms with Crippen LogP contribution < -0.4 is 52.1 Å². The van der Waals surface area contributed by atoms with Crippen LogP contribution in [0.1, 0.15) is 29.2 Å². The molecule has 262 valence electrons. The maximum Gasteiger partial charge on any atom is 0.231 e. The molecule has 3 heterocycles. The smallest absolute Gasteiger partial charge is 0.231 e. The quantitative estimate of drug-likeness (QED) is 0.189. The Hall–Kier alpha value is -5.43. The predicted octanol–water partition coefficient (Wildman–Crippen LogP) is 5.12. The first-order valence-electron chi connectivity index (χ1n) is 15.4. The van der Waals surface area contributed by atoms with Crippen molar-refractivity contribution in [1.29, 1.82) is 0 Å². The van der Waals surface area contributed by atoms with E-state index in [0.717, 1.165) is 16.7 Å². The van der Waals surface area contributed by atoms with Crippen molar-refractivity contribution >= 4 is 5.78 Å². The van der Waals surface area contributed by atoms with Gasteiger partial charge in [-0.2, -0.15) is 0 Å². The van der Waals surface area contributed by atoms with Gasteiger partial charge in [0.25, 0.3) is 0 Å². The minimum absolute atomic E-state index is 0.00618. The van der Waals surface area contributed by atoms with Gasteiger partial charge in [-0.15, -0.1) is 0 Å². The van der Waals surface area contributed by atoms with E-state index in [0.29, 0.717) is 88.1 Å². The van der Waals surface area contributed by atoms with Gasteiger partial charge in [0.2, 0.25) is 49.1 Å². The molecule has 0 bridgehead atoms. The number of carbonyl (C=O) groups excluding carboxylic acids is 1. The second-order valence-corrected chi connectivity index (χ2v) is 10.7. The van der Waals surface area contributed by atoms with Gasteiger partial charge in [0, 0.05) is 16.7 Å². The zero-order valence-electron chi connectivity index (χ0n) is 28.3. The molecule has 0 unspecified atom stereocenters. The summed E-state index contributed by atoms with van der Waals surface area (Å²) in [5, 5.41) is 9.86. The van der Waals surface area contributed by atoms with Crippen molar-refractivity contribution in [3.8, 4) is 63.2 Å². The van der Waals surface area contributed by atoms with Gasteiger partial charge < -0.3 is 57.2 Å². The van der Waals surface area contributed by atoms with Crippen molar-refractivity contribution in [2.75, 3.05) is 55.9 Å². The van der Waals surface area contributed by atoms with E-state index in [9.17, 15) is 9.90 Å². The van der Waals surface area contributed by atoms with Gasteiger partial charge in [-0.3, -0.25) is 4.79 Å². The molecule has 0 amide bonds. The van der Waals surface area contributed by atoms with Gasteiger partial charge in [0.05, 0.1) is 42.2 Å². The number of aliphatic hydroxyl groups is 1. The summed E-state index contributed by atoms with van der Waals surface area (Å²) >= 11 is 0. The zero-order valence-corrected chi connectivity index (χ0v) is 28.3. The van der Waals surface area contributed by atoms with Crippen LogP contribution in [0.2, 0.25) is 0 Å². The van der Waals surface area contributed by atoms with E-state index >= 15 is 0 Å². The Morgan fingerprint density at radius 1 is 0.592 bits per heavy atom. The monoisotopic (exact) mass is 680 g/mol. The van der Waals surface area contributed by atoms with Crippen LogP contribution in [-0.4, -0.2) is 66.8 Å². The molecule has 0 atom stereocenters. The lowest BCUT2D eigenvalue weighted by Gasteiger charge is -2.14. The van der Waals surface area contributed by atoms with E-state index in [-0.39, 0.29) is 32.8 Å². The molecule has 3 aromatic carbocycles. The third-order valence-electron chi connectivity index (χ3n) is 7.83. The molecule has 0 aliphatic carbocycles. The number of rotatable bonds is 13. The lowest BCUT2D eigenvalue weighted by molar-refractivity contribution is -0.112. The Morgan fingerprint density at radius 3 is 1.39 bits per heavy atom. The van der Waals surface area contributed by atoms with Gasteiger partial charge in [0.1, 0.15) is 0 Å². The first-order valence-corrected chi connectivity index (χ1v) is 15.4. The summed E-state index contributed by atoms with van der Waals surface area (Å²) in [6.07, 6.45) is 9.09. The molecule has 1 N–H and O–H groups in total. The standard InChI is InChI=1S/C22H24O8.C14H16O5/c1-24-18-14(9-17-21(22(18)26-3)30-12-28-17)7-5-4-6-13-8-16-20(29-11-27-16)19(25-2)15(13)10-23;1-9(15)5-4-6-10-7-11-13(19-8-18-11)14(17-3)12(10)16-2/h4-5,8-9,23H,6-7,10-12H2,1-3H3;4-5,7H,6,8H2,1-3H3/b2*5-4+. The number of hydrogen-bond acceptors (Lipinski definition) is 13. The van der Waals surface area contributed by atoms with Crippen molar-refractivity contribution in [2.45, 2.75) is 32.8 Å². The lowest BCUT2D eigenvalue weighted by atomic mass is 10.0. The first-order chi connectivity index (χ1) is 23.9. The highest BCUT2D eigenvalue weighted by molar-refractivity contribution is 5.87. The van der Waals surface area contributed by atoms with Crippen LogP contribution in [0.15, 0.2) is 42.5 Å². The number of aliphatic hydroxyl groups excluding tert-OH is 1. The summed E-state index contributed by atoms with van der Waals surface area (Å²) in [5.41, 5.74) is 3.39. The van der Waals surface area contributed by atoms with E-state index in [2.05, 4.69) is 0 Å². The molecule has 0 aromatic heterocycles. The second kappa shape index (κ2) is 16.1. The fraction of sp³-hybridized carbons (Fsp3) is 0.361. The Morgan fingerprint density at radius 2 is 0.980 bits per heavy atom. The summed E-state index contributed by atoms with van der Waals surface area (Å²) < 4.78 is 59.8. The second-order valence-electron chi connectivity index (χ2n) is 10.7. The van der Waals surface area contributed by atoms with E-state index in [4.69, 9.17) is 52.1 Å². The summed E-state index contributed by atoms with van der Waals surface area (Å²) in [6.45, 7) is 1.82. The van der Waals surface area contributed by atoms with E-state index in [1.54, 1.807) is 41.6 Å². The molecule has 0 saturated heterocycles. The summed E-state index contributed by atoms with van der Waals surface area (Å²) in [5.74, 6) is 6.31. The van der Waals surface area contributed by atoms with Crippen LogP contribution in [0.5, 0.6) is 63.2 Å². The Bertz CT molecular complexity index is 1650. The normalized spacial score (nSPS) is 13.4. The molecule has 0 fully saturated rings. The highest BCUT2D eigenvalue weighted by Gasteiger charge is 2.27. The number of carbonyl (C=O) groups is 1. The number of methoxy groups -OCH3 is 5. The molecule has 6 rings (SSSR count). The van der Waals surface area contributed by atoms with Crippen LogP contribution in [-0.2, 0) is 30.7 Å². The highest BCUT2D eigenvalue weighted by atomic mass is 16.7. The van der Waals surface area contributed by atoms with E-state index < -0.39 is 0 Å². The van der Waals surface area contributed by atoms with Gasteiger partial charge >= 0.3 is 0 Å². The summed E-state index contributed by atoms with van der Waals surface area (Å²) in [6, 6.07) is 5.62. The Balaban J connectivity index is 0.000000212. The number of benzene rings is 3. The number of allylic oxidation sites excluding steroid dienone is 4. The molecule has 3 aromatic rings. The number of hydrogen-bond donors (Lipinski definition) is 1. The van der Waals surface area contributed by atoms with E-state index in [1.807, 2.05) is 30.4 Å². The van der Waals surface area contributed by atoms with Crippen molar-refractivity contribution in [2.24, 2.45) is 0 Å². The molecular formula is C36H40O13. The summed E-state index contributed by atoms with van der Waals surface area (Å²) in [7, 11) is 7.84. The maximum atomic E-state index is 10.9. The average molecular weight is 681 g/mol. The fourth-order valence-electron chi connectivity index (χ4n) is 5.66. The van der Waals surface area contributed by atoms with Gasteiger partial charge in [0.15, 0.2) is 40.3 Å². The SMILES string of the molecule is COc1c(C/C=C/C(C)=O)cc2c(c1OC)OCO2.COc1c(C/C=C/Cc2cc3c(c(OC)c2CO)OCO3)cc2c(c1OC)OCO2. The largest absolute Gasteiger partial charge is 0.492 e. The van der Waals surface area contributed by atoms with Crippen molar-refractivity contribution in [3.05, 3.63) is 64.8 Å². The molecular weight excluding hydrogens is 640 g/mol. The highest BCUT2D eigenvalue weighted by Crippen LogP contribution is 2.50. The zero-order chi connectivity index (χ0) is 34.9. The molecule has 0 radical (unpaired) electrons. The number of fused-ring (bicyclic) bond motifs is 3. The molecule has 3 aliphatic rings. The number of ketones is 1. The van der Waals surface area contributed by atoms with Crippen LogP contribution >= 0.6 is 0 Å². The van der Waals surface area contributed by atoms with Crippen LogP contribution in [0.3, 0.4) is 0 Å². The molecule has 0 saturated carbocycles. The fourth-order valence-corrected chi connectivity index (χ4v) is 5.66. The van der Waals surface area contributed by atoms with Crippen LogP contribution in [0, 0.1) is 0 Å². The predicted molar refractivity (Wildman–Crippen MR) is 176 cm³/mol. The van der Waals surface area contributed by atoms with Crippen molar-refractivity contribution in [3.63, 3.8) is 0 Å². The van der Waals surface area contributed by atoms with Gasteiger partial charge in [-0.1, -0.05) is 18.2 Å².